The number of carbonyl (C=O) groups is 2. The average Bonchev–Trinajstić information content (AvgIpc) is 2.63. The van der Waals surface area contributed by atoms with Gasteiger partial charge in [0.05, 0.1) is 48.3 Å². The number of rotatable bonds is 6. The molecular formula is C18H18Cl2N2O5. The van der Waals surface area contributed by atoms with Crippen LogP contribution in [0.25, 0.3) is 0 Å². The molecule has 144 valence electrons. The molecule has 0 spiro atoms. The molecule has 0 atom stereocenters. The van der Waals surface area contributed by atoms with Crippen LogP contribution in [0.15, 0.2) is 24.3 Å². The van der Waals surface area contributed by atoms with Gasteiger partial charge < -0.3 is 24.8 Å². The van der Waals surface area contributed by atoms with Crippen LogP contribution in [0, 0.1) is 0 Å². The Labute approximate surface area is 166 Å². The number of benzene rings is 2. The molecule has 0 fully saturated rings. The van der Waals surface area contributed by atoms with Crippen LogP contribution < -0.4 is 24.8 Å². The molecule has 2 N–H and O–H groups in total. The second kappa shape index (κ2) is 8.83. The van der Waals surface area contributed by atoms with Crippen molar-refractivity contribution in [1.82, 2.24) is 0 Å². The van der Waals surface area contributed by atoms with Crippen molar-refractivity contribution < 1.29 is 23.8 Å². The lowest BCUT2D eigenvalue weighted by atomic mass is 10.1. The van der Waals surface area contributed by atoms with Gasteiger partial charge in [-0.05, 0) is 6.07 Å². The van der Waals surface area contributed by atoms with Gasteiger partial charge in [0.25, 0.3) is 5.91 Å². The zero-order chi connectivity index (χ0) is 20.1. The Bertz CT molecular complexity index is 887. The maximum atomic E-state index is 12.8. The predicted octanol–water partition coefficient (Wildman–Crippen LogP) is 4.23. The number of nitrogens with one attached hydrogen (secondary N) is 2. The normalized spacial score (nSPS) is 10.1. The number of carbonyl (C=O) groups excluding carboxylic acids is 2. The van der Waals surface area contributed by atoms with Gasteiger partial charge in [-0.2, -0.15) is 0 Å². The second-order valence-corrected chi connectivity index (χ2v) is 6.17. The summed E-state index contributed by atoms with van der Waals surface area (Å²) in [6, 6.07) is 5.94. The fourth-order valence-corrected chi connectivity index (χ4v) is 2.77. The average molecular weight is 413 g/mol. The standard InChI is InChI=1S/C18H18Cl2N2O5/c1-9(23)21-13-7-15(25-2)10(5-11(13)19)18(24)22-14-8-16(26-3)12(20)6-17(14)27-4/h5-8H,1-4H3,(H,21,23)(H,22,24). The minimum Gasteiger partial charge on any atom is -0.496 e. The monoisotopic (exact) mass is 412 g/mol. The Morgan fingerprint density at radius 3 is 1.93 bits per heavy atom. The first-order chi connectivity index (χ1) is 12.8. The van der Waals surface area contributed by atoms with Crippen molar-refractivity contribution in [3.05, 3.63) is 39.9 Å². The SMILES string of the molecule is COc1cc(NC(=O)c2cc(Cl)c(NC(C)=O)cc2OC)c(OC)cc1Cl. The molecule has 9 heteroatoms. The van der Waals surface area contributed by atoms with Crippen LogP contribution >= 0.6 is 23.2 Å². The largest absolute Gasteiger partial charge is 0.496 e. The lowest BCUT2D eigenvalue weighted by Crippen LogP contribution is -2.15. The van der Waals surface area contributed by atoms with Gasteiger partial charge in [0.1, 0.15) is 17.2 Å². The highest BCUT2D eigenvalue weighted by atomic mass is 35.5. The highest BCUT2D eigenvalue weighted by Gasteiger charge is 2.19. The van der Waals surface area contributed by atoms with Crippen LogP contribution in [-0.4, -0.2) is 33.1 Å². The van der Waals surface area contributed by atoms with E-state index in [1.807, 2.05) is 0 Å². The van der Waals surface area contributed by atoms with Gasteiger partial charge in [0.2, 0.25) is 5.91 Å². The molecule has 0 aliphatic rings. The van der Waals surface area contributed by atoms with Crippen molar-refractivity contribution in [2.45, 2.75) is 6.92 Å². The predicted molar refractivity (Wildman–Crippen MR) is 105 cm³/mol. The minimum atomic E-state index is -0.495. The van der Waals surface area contributed by atoms with Crippen LogP contribution in [0.1, 0.15) is 17.3 Å². The van der Waals surface area contributed by atoms with E-state index in [1.54, 1.807) is 6.07 Å². The zero-order valence-electron chi connectivity index (χ0n) is 15.1. The number of anilines is 2. The van der Waals surface area contributed by atoms with E-state index in [9.17, 15) is 9.59 Å². The van der Waals surface area contributed by atoms with E-state index >= 15 is 0 Å². The molecule has 0 aromatic heterocycles. The third-order valence-electron chi connectivity index (χ3n) is 3.57. The molecule has 0 radical (unpaired) electrons. The first-order valence-electron chi connectivity index (χ1n) is 7.68. The number of ether oxygens (including phenoxy) is 3. The molecule has 0 heterocycles. The fourth-order valence-electron chi connectivity index (χ4n) is 2.33. The zero-order valence-corrected chi connectivity index (χ0v) is 16.6. The van der Waals surface area contributed by atoms with Gasteiger partial charge in [0, 0.05) is 25.1 Å². The van der Waals surface area contributed by atoms with E-state index in [4.69, 9.17) is 37.4 Å². The lowest BCUT2D eigenvalue weighted by Gasteiger charge is -2.15. The quantitative estimate of drug-likeness (QED) is 0.741. The van der Waals surface area contributed by atoms with Crippen molar-refractivity contribution >= 4 is 46.4 Å². The number of halogens is 2. The van der Waals surface area contributed by atoms with Crippen molar-refractivity contribution in [3.8, 4) is 17.2 Å². The van der Waals surface area contributed by atoms with E-state index in [1.165, 1.54) is 46.5 Å². The summed E-state index contributed by atoms with van der Waals surface area (Å²) in [6.45, 7) is 1.35. The van der Waals surface area contributed by atoms with Gasteiger partial charge >= 0.3 is 0 Å². The summed E-state index contributed by atoms with van der Waals surface area (Å²) in [7, 11) is 4.32. The number of methoxy groups -OCH3 is 3. The van der Waals surface area contributed by atoms with E-state index in [0.29, 0.717) is 27.9 Å². The van der Waals surface area contributed by atoms with Crippen LogP contribution in [0.5, 0.6) is 17.2 Å². The molecule has 2 rings (SSSR count). The van der Waals surface area contributed by atoms with E-state index < -0.39 is 5.91 Å². The van der Waals surface area contributed by atoms with Crippen LogP contribution in [0.2, 0.25) is 10.0 Å². The summed E-state index contributed by atoms with van der Waals surface area (Å²) in [5, 5.41) is 5.81. The summed E-state index contributed by atoms with van der Waals surface area (Å²) in [5.74, 6) is 0.174. The van der Waals surface area contributed by atoms with Gasteiger partial charge in [-0.3, -0.25) is 9.59 Å². The molecule has 0 saturated carbocycles. The molecule has 2 aromatic carbocycles. The van der Waals surface area contributed by atoms with E-state index in [2.05, 4.69) is 10.6 Å². The fraction of sp³-hybridized carbons (Fsp3) is 0.222. The molecule has 2 aromatic rings. The molecule has 0 bridgehead atoms. The lowest BCUT2D eigenvalue weighted by molar-refractivity contribution is -0.114. The summed E-state index contributed by atoms with van der Waals surface area (Å²) in [6.07, 6.45) is 0. The number of hydrogen-bond acceptors (Lipinski definition) is 5. The maximum Gasteiger partial charge on any atom is 0.259 e. The number of hydrogen-bond donors (Lipinski definition) is 2. The smallest absolute Gasteiger partial charge is 0.259 e. The van der Waals surface area contributed by atoms with Crippen molar-refractivity contribution in [2.24, 2.45) is 0 Å². The van der Waals surface area contributed by atoms with Crippen LogP contribution in [0.4, 0.5) is 11.4 Å². The first-order valence-corrected chi connectivity index (χ1v) is 8.44. The Morgan fingerprint density at radius 1 is 0.778 bits per heavy atom. The second-order valence-electron chi connectivity index (χ2n) is 5.35. The van der Waals surface area contributed by atoms with Crippen molar-refractivity contribution in [1.29, 1.82) is 0 Å². The highest BCUT2D eigenvalue weighted by molar-refractivity contribution is 6.34. The summed E-state index contributed by atoms with van der Waals surface area (Å²) >= 11 is 12.2. The maximum absolute atomic E-state index is 12.8. The molecule has 0 saturated heterocycles. The summed E-state index contributed by atoms with van der Waals surface area (Å²) in [4.78, 5) is 24.0. The highest BCUT2D eigenvalue weighted by Crippen LogP contribution is 2.37. The van der Waals surface area contributed by atoms with E-state index in [0.717, 1.165) is 0 Å². The minimum absolute atomic E-state index is 0.174. The van der Waals surface area contributed by atoms with Gasteiger partial charge in [0.15, 0.2) is 0 Å². The van der Waals surface area contributed by atoms with Crippen LogP contribution in [0.3, 0.4) is 0 Å². The number of amides is 2. The van der Waals surface area contributed by atoms with Gasteiger partial charge in [-0.25, -0.2) is 0 Å². The molecule has 27 heavy (non-hydrogen) atoms. The molecule has 0 unspecified atom stereocenters. The summed E-state index contributed by atoms with van der Waals surface area (Å²) in [5.41, 5.74) is 0.865. The molecule has 0 aliphatic heterocycles. The Hall–Kier alpha value is -2.64. The van der Waals surface area contributed by atoms with Crippen LogP contribution in [-0.2, 0) is 4.79 Å². The summed E-state index contributed by atoms with van der Waals surface area (Å²) < 4.78 is 15.7. The topological polar surface area (TPSA) is 85.9 Å². The molecule has 2 amide bonds. The third kappa shape index (κ3) is 4.75. The van der Waals surface area contributed by atoms with E-state index in [-0.39, 0.29) is 22.2 Å². The van der Waals surface area contributed by atoms with Crippen molar-refractivity contribution in [2.75, 3.05) is 32.0 Å². The Balaban J connectivity index is 2.41. The third-order valence-corrected chi connectivity index (χ3v) is 4.17. The van der Waals surface area contributed by atoms with Gasteiger partial charge in [-0.1, -0.05) is 23.2 Å². The first kappa shape index (κ1) is 20.7. The molecule has 0 aliphatic carbocycles. The van der Waals surface area contributed by atoms with Gasteiger partial charge in [-0.15, -0.1) is 0 Å². The molecule has 7 nitrogen and oxygen atoms in total. The Morgan fingerprint density at radius 2 is 1.37 bits per heavy atom. The Kier molecular flexibility index (Phi) is 6.76. The van der Waals surface area contributed by atoms with Crippen molar-refractivity contribution in [3.63, 3.8) is 0 Å². The molecular weight excluding hydrogens is 395 g/mol.